The summed E-state index contributed by atoms with van der Waals surface area (Å²) in [6, 6.07) is 0.234. The normalized spacial score (nSPS) is 21.3. The molecule has 1 spiro atoms. The highest BCUT2D eigenvalue weighted by Gasteiger charge is 2.40. The van der Waals surface area contributed by atoms with Gasteiger partial charge in [-0.05, 0) is 117 Å². The van der Waals surface area contributed by atoms with Gasteiger partial charge in [-0.25, -0.2) is 4.79 Å². The Hall–Kier alpha value is -7.09. The molecule has 9 atom stereocenters. The monoisotopic (exact) mass is 1350 g/mol. The van der Waals surface area contributed by atoms with E-state index < -0.39 is 143 Å². The van der Waals surface area contributed by atoms with Gasteiger partial charge in [-0.15, -0.1) is 0 Å². The second kappa shape index (κ2) is 34.3. The molecule has 0 aromatic heterocycles. The molecule has 472 valence electrons. The van der Waals surface area contributed by atoms with Crippen LogP contribution in [0.2, 0.25) is 0 Å². The molecule has 1 aliphatic carbocycles. The van der Waals surface area contributed by atoms with Crippen LogP contribution >= 0.6 is 44.2 Å². The van der Waals surface area contributed by atoms with Gasteiger partial charge < -0.3 is 74.3 Å². The van der Waals surface area contributed by atoms with Gasteiger partial charge in [0, 0.05) is 44.8 Å². The number of aliphatic hydroxyl groups is 1. The highest BCUT2D eigenvalue weighted by atomic mass is 127. The van der Waals surface area contributed by atoms with Crippen molar-refractivity contribution in [2.24, 2.45) is 22.5 Å². The number of nitrogens with zero attached hydrogens (tertiary/aromatic N) is 3. The van der Waals surface area contributed by atoms with E-state index in [-0.39, 0.29) is 50.2 Å². The zero-order valence-corrected chi connectivity index (χ0v) is 52.6. The number of phenolic OH excluding ortho intramolecular Hbond substituents is 1. The number of aromatic hydroxyl groups is 1. The van der Waals surface area contributed by atoms with Crippen LogP contribution in [0.25, 0.3) is 10.4 Å². The van der Waals surface area contributed by atoms with Crippen LogP contribution in [0.4, 0.5) is 10.5 Å². The van der Waals surface area contributed by atoms with Crippen molar-refractivity contribution in [2.75, 3.05) is 18.8 Å². The zero-order chi connectivity index (χ0) is 63.9. The number of halogens is 1. The molecule has 2 aromatic carbocycles. The minimum absolute atomic E-state index is 0.0214. The summed E-state index contributed by atoms with van der Waals surface area (Å²) in [6.45, 7) is 8.77. The molecule has 4 rings (SSSR count). The van der Waals surface area contributed by atoms with Crippen molar-refractivity contribution in [3.05, 3.63) is 67.6 Å². The van der Waals surface area contributed by atoms with E-state index in [1.807, 2.05) is 22.6 Å². The number of nitrogens with two attached hydrogens (primary N) is 2. The molecule has 28 nitrogen and oxygen atoms in total. The standard InChI is InChI=1S/C55H79IN14O14S2/c1-7-29(2)44-51(81)68-45(30(3)71)52(82)65-39(25-41(57)73)49(79)66-40(28-85-86-55(19-9-8-10-20-55)26-42(74)63-38(50(80)67-44)23-31-13-16-33(72)17-14-31)47(77)61-27-43(75)62-36(12-11-21-60-53(83)84-54(4,5)6)48(78)64-37(46(58)76)24-32-15-18-35(69-70-59)34(56)22-32/h13-18,22,29-30,36-40,44-45,71-72H,7-12,19-21,23-28H2,1-6H3,(H2,57,73)(H2,58,76)(H,60,83)(H,61,77)(H,62,75)(H,63,74)(H,64,78)(H,65,82)(H,66,79)(H,67,80)(H,68,81)/t29-,30+,36-,37-,38-,39-,40-,44-,45-/m0/s1. The number of aliphatic hydroxyl groups excluding tert-OH is 1. The molecule has 1 saturated carbocycles. The van der Waals surface area contributed by atoms with Crippen molar-refractivity contribution < 1.29 is 67.7 Å². The molecule has 1 aliphatic heterocycles. The van der Waals surface area contributed by atoms with Crippen molar-refractivity contribution in [3.8, 4) is 5.75 Å². The highest BCUT2D eigenvalue weighted by Crippen LogP contribution is 2.48. The van der Waals surface area contributed by atoms with Crippen LogP contribution in [0, 0.1) is 9.49 Å². The maximum absolute atomic E-state index is 14.3. The maximum atomic E-state index is 14.3. The van der Waals surface area contributed by atoms with Crippen LogP contribution in [0.5, 0.6) is 5.75 Å². The Kier molecular flexibility index (Phi) is 28.5. The first-order valence-electron chi connectivity index (χ1n) is 28.0. The number of azide groups is 1. The first-order valence-corrected chi connectivity index (χ1v) is 31.4. The molecule has 0 unspecified atom stereocenters. The second-order valence-corrected chi connectivity index (χ2v) is 26.2. The van der Waals surface area contributed by atoms with E-state index in [0.717, 1.165) is 30.1 Å². The first-order chi connectivity index (χ1) is 40.5. The van der Waals surface area contributed by atoms with E-state index >= 15 is 0 Å². The van der Waals surface area contributed by atoms with Gasteiger partial charge in [-0.3, -0.25) is 47.9 Å². The number of carbonyl (C=O) groups excluding carboxylic acids is 11. The number of nitrogens with one attached hydrogen (secondary N) is 9. The van der Waals surface area contributed by atoms with Crippen molar-refractivity contribution in [3.63, 3.8) is 0 Å². The van der Waals surface area contributed by atoms with Crippen LogP contribution in [-0.2, 0) is 65.5 Å². The molecule has 2 fully saturated rings. The Balaban J connectivity index is 1.67. The van der Waals surface area contributed by atoms with Gasteiger partial charge in [0.2, 0.25) is 59.1 Å². The lowest BCUT2D eigenvalue weighted by Gasteiger charge is -2.36. The molecule has 15 N–H and O–H groups in total. The minimum Gasteiger partial charge on any atom is -0.508 e. The smallest absolute Gasteiger partial charge is 0.407 e. The van der Waals surface area contributed by atoms with Crippen LogP contribution < -0.4 is 59.3 Å². The van der Waals surface area contributed by atoms with Gasteiger partial charge in [-0.1, -0.05) is 90.5 Å². The van der Waals surface area contributed by atoms with Gasteiger partial charge in [0.25, 0.3) is 0 Å². The van der Waals surface area contributed by atoms with E-state index in [2.05, 4.69) is 57.9 Å². The summed E-state index contributed by atoms with van der Waals surface area (Å²) in [5.74, 6) is -10.1. The van der Waals surface area contributed by atoms with Gasteiger partial charge >= 0.3 is 6.09 Å². The number of hydrogen-bond donors (Lipinski definition) is 13. The lowest BCUT2D eigenvalue weighted by atomic mass is 9.85. The van der Waals surface area contributed by atoms with E-state index in [0.29, 0.717) is 39.6 Å². The second-order valence-electron chi connectivity index (χ2n) is 22.2. The third kappa shape index (κ3) is 24.0. The molecule has 31 heteroatoms. The number of amides is 11. The summed E-state index contributed by atoms with van der Waals surface area (Å²) < 4.78 is 5.05. The Bertz CT molecular complexity index is 2810. The van der Waals surface area contributed by atoms with Gasteiger partial charge in [0.05, 0.1) is 24.8 Å². The summed E-state index contributed by atoms with van der Waals surface area (Å²) in [5, 5.41) is 47.5. The van der Waals surface area contributed by atoms with E-state index in [9.17, 15) is 63.0 Å². The van der Waals surface area contributed by atoms with E-state index in [4.69, 9.17) is 21.7 Å². The van der Waals surface area contributed by atoms with Crippen LogP contribution in [0.1, 0.15) is 117 Å². The van der Waals surface area contributed by atoms with E-state index in [1.165, 1.54) is 35.9 Å². The topological polar surface area (TPSA) is 447 Å². The number of hydrogen-bond acceptors (Lipinski definition) is 17. The zero-order valence-electron chi connectivity index (χ0n) is 48.8. The van der Waals surface area contributed by atoms with Crippen molar-refractivity contribution in [1.82, 2.24) is 47.9 Å². The maximum Gasteiger partial charge on any atom is 0.407 e. The Morgan fingerprint density at radius 2 is 1.49 bits per heavy atom. The molecule has 2 aliphatic rings. The quantitative estimate of drug-likeness (QED) is 0.0212. The largest absolute Gasteiger partial charge is 0.508 e. The van der Waals surface area contributed by atoms with Crippen molar-refractivity contribution >= 4 is 115 Å². The molecule has 1 heterocycles. The predicted molar refractivity (Wildman–Crippen MR) is 328 cm³/mol. The van der Waals surface area contributed by atoms with E-state index in [1.54, 1.807) is 58.9 Å². The molecular weight excluding hydrogens is 1270 g/mol. The first kappa shape index (κ1) is 71.4. The highest BCUT2D eigenvalue weighted by molar-refractivity contribution is 14.1. The summed E-state index contributed by atoms with van der Waals surface area (Å²) in [6.07, 6.45) is 0.146. The number of phenols is 1. The fourth-order valence-electron chi connectivity index (χ4n) is 9.21. The number of rotatable bonds is 21. The average molecular weight is 1350 g/mol. The molecule has 86 heavy (non-hydrogen) atoms. The number of ether oxygens (including phenoxy) is 1. The SMILES string of the molecule is CC[C@H](C)[C@@H]1NC(=O)[C@H](Cc2ccc(O)cc2)NC(=O)CC2(CCCCC2)SSC[C@@H](C(=O)NCC(=O)N[C@@H](CCCNC(=O)OC(C)(C)C)C(=O)N[C@@H](Cc2ccc(N=[N+]=[N-])c(I)c2)C(N)=O)NC(=O)[C@H](CC(N)=O)NC(=O)[C@H]([C@@H](C)O)NC1=O. The molecular formula is C55H79IN14O14S2. The Morgan fingerprint density at radius 1 is 0.849 bits per heavy atom. The van der Waals surface area contributed by atoms with Gasteiger partial charge in [0.15, 0.2) is 0 Å². The van der Waals surface area contributed by atoms with Crippen molar-refractivity contribution in [2.45, 2.75) is 177 Å². The lowest BCUT2D eigenvalue weighted by molar-refractivity contribution is -0.138. The number of alkyl carbamates (subject to hydrolysis) is 1. The fourth-order valence-corrected chi connectivity index (χ4v) is 13.3. The van der Waals surface area contributed by atoms with Gasteiger partial charge in [0.1, 0.15) is 53.6 Å². The molecule has 0 radical (unpaired) electrons. The van der Waals surface area contributed by atoms with Crippen LogP contribution in [-0.4, -0.2) is 153 Å². The lowest BCUT2D eigenvalue weighted by Crippen LogP contribution is -2.62. The fraction of sp³-hybridized carbons (Fsp3) is 0.582. The predicted octanol–water partition coefficient (Wildman–Crippen LogP) is 1.81. The number of primary amides is 2. The Labute approximate surface area is 519 Å². The average Bonchev–Trinajstić information content (AvgIpc) is 2.43. The summed E-state index contributed by atoms with van der Waals surface area (Å²) in [7, 11) is 2.38. The molecule has 1 saturated heterocycles. The Morgan fingerprint density at radius 3 is 2.09 bits per heavy atom. The number of benzene rings is 2. The van der Waals surface area contributed by atoms with Crippen molar-refractivity contribution in [1.29, 1.82) is 0 Å². The summed E-state index contributed by atoms with van der Waals surface area (Å²) in [5.41, 5.74) is 20.8. The summed E-state index contributed by atoms with van der Waals surface area (Å²) in [4.78, 5) is 154. The third-order valence-corrected chi connectivity index (χ3v) is 18.1. The van der Waals surface area contributed by atoms with Crippen LogP contribution in [0.15, 0.2) is 47.6 Å². The third-order valence-electron chi connectivity index (χ3n) is 13.9. The molecule has 11 amide bonds. The van der Waals surface area contributed by atoms with Crippen LogP contribution in [0.3, 0.4) is 0 Å². The molecule has 2 aromatic rings. The minimum atomic E-state index is -1.81. The molecule has 0 bridgehead atoms. The number of carbonyl (C=O) groups is 11. The van der Waals surface area contributed by atoms with Gasteiger partial charge in [-0.2, -0.15) is 0 Å². The summed E-state index contributed by atoms with van der Waals surface area (Å²) >= 11 is 1.94.